The molecule has 0 saturated carbocycles. The molecule has 2 N–H and O–H groups in total. The monoisotopic (exact) mass is 593 g/mol. The van der Waals surface area contributed by atoms with Gasteiger partial charge in [0.15, 0.2) is 0 Å². The Labute approximate surface area is 261 Å². The highest BCUT2D eigenvalue weighted by Crippen LogP contribution is 2.33. The molecule has 248 valence electrons. The van der Waals surface area contributed by atoms with E-state index in [1.807, 2.05) is 0 Å². The summed E-state index contributed by atoms with van der Waals surface area (Å²) in [4.78, 5) is 21.2. The summed E-state index contributed by atoms with van der Waals surface area (Å²) in [6.45, 7) is 6.28. The fourth-order valence-electron chi connectivity index (χ4n) is 6.61. The molecule has 42 heavy (non-hydrogen) atoms. The highest BCUT2D eigenvalue weighted by molar-refractivity contribution is 5.66. The predicted molar refractivity (Wildman–Crippen MR) is 181 cm³/mol. The van der Waals surface area contributed by atoms with E-state index in [4.69, 9.17) is 10.2 Å². The molecule has 0 radical (unpaired) electrons. The molecule has 0 aliphatic heterocycles. The van der Waals surface area contributed by atoms with Crippen molar-refractivity contribution in [3.8, 4) is 0 Å². The summed E-state index contributed by atoms with van der Waals surface area (Å²) in [5, 5.41) is 17.5. The van der Waals surface area contributed by atoms with Gasteiger partial charge in [-0.05, 0) is 43.9 Å². The van der Waals surface area contributed by atoms with Gasteiger partial charge in [-0.3, -0.25) is 9.59 Å². The van der Waals surface area contributed by atoms with Crippen LogP contribution < -0.4 is 0 Å². The van der Waals surface area contributed by atoms with Crippen molar-refractivity contribution >= 4 is 11.9 Å². The van der Waals surface area contributed by atoms with Crippen LogP contribution in [0, 0.1) is 11.8 Å². The van der Waals surface area contributed by atoms with Gasteiger partial charge < -0.3 is 10.2 Å². The van der Waals surface area contributed by atoms with Crippen LogP contribution in [0.25, 0.3) is 0 Å². The van der Waals surface area contributed by atoms with Crippen LogP contribution in [0.4, 0.5) is 0 Å². The molecule has 0 bridgehead atoms. The number of unbranched alkanes of at least 4 members (excludes halogenated alkanes) is 21. The topological polar surface area (TPSA) is 74.6 Å². The predicted octanol–water partition coefficient (Wildman–Crippen LogP) is 12.7. The largest absolute Gasteiger partial charge is 0.481 e. The van der Waals surface area contributed by atoms with E-state index < -0.39 is 11.9 Å². The second kappa shape index (κ2) is 32.6. The normalized spacial score (nSPS) is 12.8. The first-order valence-electron chi connectivity index (χ1n) is 18.6. The average Bonchev–Trinajstić information content (AvgIpc) is 2.96. The van der Waals surface area contributed by atoms with Gasteiger partial charge >= 0.3 is 11.9 Å². The van der Waals surface area contributed by atoms with E-state index in [9.17, 15) is 9.59 Å². The van der Waals surface area contributed by atoms with Crippen molar-refractivity contribution in [3.05, 3.63) is 12.7 Å². The summed E-state index contributed by atoms with van der Waals surface area (Å²) < 4.78 is 0. The number of hydrogen-bond donors (Lipinski definition) is 2. The van der Waals surface area contributed by atoms with E-state index in [1.54, 1.807) is 0 Å². The Morgan fingerprint density at radius 3 is 1.07 bits per heavy atom. The van der Waals surface area contributed by atoms with Crippen LogP contribution in [0.5, 0.6) is 0 Å². The van der Waals surface area contributed by atoms with Crippen molar-refractivity contribution in [3.63, 3.8) is 0 Å². The summed E-state index contributed by atoms with van der Waals surface area (Å²) in [6.07, 6.45) is 40.0. The van der Waals surface area contributed by atoms with Crippen LogP contribution in [-0.4, -0.2) is 22.2 Å². The van der Waals surface area contributed by atoms with Crippen LogP contribution in [-0.2, 0) is 9.59 Å². The second-order valence-corrected chi connectivity index (χ2v) is 13.2. The van der Waals surface area contributed by atoms with E-state index in [-0.39, 0.29) is 0 Å². The zero-order chi connectivity index (χ0) is 30.9. The van der Waals surface area contributed by atoms with Gasteiger partial charge in [-0.2, -0.15) is 0 Å². The lowest BCUT2D eigenvalue weighted by molar-refractivity contribution is -0.138. The molecule has 0 aliphatic carbocycles. The Hall–Kier alpha value is -1.32. The number of carbonyl (C=O) groups is 2. The Kier molecular flexibility index (Phi) is 31.6. The number of allylic oxidation sites excluding steroid dienone is 1. The first kappa shape index (κ1) is 40.7. The lowest BCUT2D eigenvalue weighted by Crippen LogP contribution is -2.16. The number of aliphatic carboxylic acids is 2. The number of carboxylic acids is 2. The molecular formula is C38H72O4. The molecule has 0 heterocycles. The minimum absolute atomic E-state index is 0.326. The van der Waals surface area contributed by atoms with Gasteiger partial charge in [-0.1, -0.05) is 167 Å². The highest BCUT2D eigenvalue weighted by atomic mass is 16.4. The van der Waals surface area contributed by atoms with Gasteiger partial charge in [0.2, 0.25) is 0 Å². The second-order valence-electron chi connectivity index (χ2n) is 13.2. The molecule has 0 saturated heterocycles. The fourth-order valence-corrected chi connectivity index (χ4v) is 6.61. The smallest absolute Gasteiger partial charge is 0.303 e. The van der Waals surface area contributed by atoms with Crippen LogP contribution in [0.3, 0.4) is 0 Å². The van der Waals surface area contributed by atoms with Gasteiger partial charge in [0.05, 0.1) is 0 Å². The summed E-state index contributed by atoms with van der Waals surface area (Å²) in [6, 6.07) is 0. The van der Waals surface area contributed by atoms with Crippen LogP contribution in [0.1, 0.15) is 206 Å². The van der Waals surface area contributed by atoms with Crippen molar-refractivity contribution in [1.29, 1.82) is 0 Å². The number of hydrogen-bond acceptors (Lipinski definition) is 2. The van der Waals surface area contributed by atoms with Crippen molar-refractivity contribution < 1.29 is 19.8 Å². The third kappa shape index (κ3) is 30.1. The molecular weight excluding hydrogens is 520 g/mol. The molecule has 4 heteroatoms. The van der Waals surface area contributed by atoms with Crippen molar-refractivity contribution in [2.45, 2.75) is 206 Å². The van der Waals surface area contributed by atoms with E-state index in [2.05, 4.69) is 19.6 Å². The zero-order valence-corrected chi connectivity index (χ0v) is 28.1. The van der Waals surface area contributed by atoms with Crippen LogP contribution in [0.2, 0.25) is 0 Å². The van der Waals surface area contributed by atoms with Gasteiger partial charge in [0, 0.05) is 12.8 Å². The van der Waals surface area contributed by atoms with Crippen LogP contribution >= 0.6 is 0 Å². The lowest BCUT2D eigenvalue weighted by Gasteiger charge is -2.28. The van der Waals surface area contributed by atoms with Gasteiger partial charge in [-0.15, -0.1) is 6.58 Å². The first-order chi connectivity index (χ1) is 20.5. The van der Waals surface area contributed by atoms with E-state index >= 15 is 0 Å². The highest BCUT2D eigenvalue weighted by Gasteiger charge is 2.20. The molecule has 0 aliphatic rings. The summed E-state index contributed by atoms with van der Waals surface area (Å²) in [5.74, 6) is 0.464. The molecule has 0 rings (SSSR count). The SMILES string of the molecule is C=CCCCC(CCCCCCCCCCCC(=O)O)C(CCCCCCC)CCCCCCCCCCCC(=O)O. The minimum Gasteiger partial charge on any atom is -0.481 e. The third-order valence-electron chi connectivity index (χ3n) is 9.26. The van der Waals surface area contributed by atoms with E-state index in [1.165, 1.54) is 154 Å². The average molecular weight is 593 g/mol. The standard InChI is InChI=1S/C38H72O4/c1-3-5-7-18-24-30-36(32-26-20-15-11-9-13-17-22-28-34-38(41)42)35(29-23-6-4-2)31-25-19-14-10-8-12-16-21-27-33-37(39)40/h4,35-36H,2-3,5-34H2,1H3,(H,39,40)(H,41,42). The maximum Gasteiger partial charge on any atom is 0.303 e. The van der Waals surface area contributed by atoms with Gasteiger partial charge in [0.25, 0.3) is 0 Å². The molecule has 0 spiro atoms. The molecule has 2 atom stereocenters. The third-order valence-corrected chi connectivity index (χ3v) is 9.26. The molecule has 0 aromatic rings. The van der Waals surface area contributed by atoms with Crippen LogP contribution in [0.15, 0.2) is 12.7 Å². The zero-order valence-electron chi connectivity index (χ0n) is 28.1. The maximum atomic E-state index is 10.6. The maximum absolute atomic E-state index is 10.6. The van der Waals surface area contributed by atoms with Gasteiger partial charge in [0.1, 0.15) is 0 Å². The summed E-state index contributed by atoms with van der Waals surface area (Å²) in [5.41, 5.74) is 0. The Morgan fingerprint density at radius 1 is 0.476 bits per heavy atom. The van der Waals surface area contributed by atoms with Crippen molar-refractivity contribution in [2.24, 2.45) is 11.8 Å². The van der Waals surface area contributed by atoms with Crippen molar-refractivity contribution in [1.82, 2.24) is 0 Å². The molecule has 4 nitrogen and oxygen atoms in total. The lowest BCUT2D eigenvalue weighted by atomic mass is 9.78. The van der Waals surface area contributed by atoms with Gasteiger partial charge in [-0.25, -0.2) is 0 Å². The summed E-state index contributed by atoms with van der Waals surface area (Å²) >= 11 is 0. The minimum atomic E-state index is -0.661. The summed E-state index contributed by atoms with van der Waals surface area (Å²) in [7, 11) is 0. The Morgan fingerprint density at radius 2 is 0.762 bits per heavy atom. The molecule has 2 unspecified atom stereocenters. The first-order valence-corrected chi connectivity index (χ1v) is 18.6. The molecule has 0 aromatic carbocycles. The van der Waals surface area contributed by atoms with Crippen molar-refractivity contribution in [2.75, 3.05) is 0 Å². The van der Waals surface area contributed by atoms with E-state index in [0.29, 0.717) is 12.8 Å². The Bertz CT molecular complexity index is 602. The molecule has 0 fully saturated rings. The molecule has 0 aromatic heterocycles. The Balaban J connectivity index is 4.40. The molecule has 0 amide bonds. The fraction of sp³-hybridized carbons (Fsp3) is 0.895. The quantitative estimate of drug-likeness (QED) is 0.0567. The number of carboxylic acid groups (broad SMARTS) is 2. The van der Waals surface area contributed by atoms with E-state index in [0.717, 1.165) is 43.9 Å². The number of rotatable bonds is 35.